The molecule has 0 amide bonds. The van der Waals surface area contributed by atoms with Crippen LogP contribution in [0.25, 0.3) is 0 Å². The number of fused-ring (bicyclic) bond motifs is 1. The largest absolute Gasteiger partial charge is 0.454 e. The zero-order valence-electron chi connectivity index (χ0n) is 10.7. The molecule has 0 saturated carbocycles. The first-order chi connectivity index (χ1) is 9.76. The van der Waals surface area contributed by atoms with Crippen LogP contribution in [0.15, 0.2) is 42.5 Å². The minimum absolute atomic E-state index is 0.230. The fourth-order valence-electron chi connectivity index (χ4n) is 2.28. The highest BCUT2D eigenvalue weighted by atomic mass is 19.1. The lowest BCUT2D eigenvalue weighted by Gasteiger charge is -2.11. The Morgan fingerprint density at radius 2 is 1.85 bits per heavy atom. The van der Waals surface area contributed by atoms with E-state index >= 15 is 0 Å². The molecule has 0 spiro atoms. The second-order valence-electron chi connectivity index (χ2n) is 4.69. The molecule has 2 aromatic carbocycles. The predicted molar refractivity (Wildman–Crippen MR) is 71.5 cm³/mol. The van der Waals surface area contributed by atoms with Crippen molar-refractivity contribution >= 4 is 6.29 Å². The third-order valence-corrected chi connectivity index (χ3v) is 3.36. The van der Waals surface area contributed by atoms with Crippen molar-refractivity contribution in [3.63, 3.8) is 0 Å². The summed E-state index contributed by atoms with van der Waals surface area (Å²) in [5.74, 6) is 0.821. The van der Waals surface area contributed by atoms with Crippen LogP contribution < -0.4 is 9.47 Å². The van der Waals surface area contributed by atoms with E-state index in [1.54, 1.807) is 12.1 Å². The minimum Gasteiger partial charge on any atom is -0.454 e. The maximum absolute atomic E-state index is 12.9. The maximum Gasteiger partial charge on any atom is 0.231 e. The number of benzene rings is 2. The molecular weight excluding hydrogens is 259 g/mol. The van der Waals surface area contributed by atoms with Crippen LogP contribution in [-0.4, -0.2) is 13.1 Å². The quantitative estimate of drug-likeness (QED) is 0.802. The van der Waals surface area contributed by atoms with Crippen molar-refractivity contribution in [3.05, 3.63) is 59.4 Å². The summed E-state index contributed by atoms with van der Waals surface area (Å²) in [7, 11) is 0. The van der Waals surface area contributed by atoms with E-state index in [-0.39, 0.29) is 18.5 Å². The molecule has 1 atom stereocenters. The fraction of sp³-hybridized carbons (Fsp3) is 0.188. The van der Waals surface area contributed by atoms with E-state index in [1.807, 2.05) is 18.2 Å². The first-order valence-corrected chi connectivity index (χ1v) is 6.35. The van der Waals surface area contributed by atoms with E-state index in [0.29, 0.717) is 12.2 Å². The molecule has 1 aliphatic heterocycles. The maximum atomic E-state index is 12.9. The van der Waals surface area contributed by atoms with E-state index in [0.717, 1.165) is 23.2 Å². The van der Waals surface area contributed by atoms with Gasteiger partial charge in [0, 0.05) is 5.92 Å². The summed E-state index contributed by atoms with van der Waals surface area (Å²) >= 11 is 0. The number of carbonyl (C=O) groups is 1. The van der Waals surface area contributed by atoms with Gasteiger partial charge in [-0.05, 0) is 41.8 Å². The number of rotatable bonds is 4. The van der Waals surface area contributed by atoms with Crippen LogP contribution in [0.5, 0.6) is 11.5 Å². The van der Waals surface area contributed by atoms with Crippen molar-refractivity contribution in [2.45, 2.75) is 12.3 Å². The minimum atomic E-state index is -0.304. The summed E-state index contributed by atoms with van der Waals surface area (Å²) in [5, 5.41) is 0. The summed E-state index contributed by atoms with van der Waals surface area (Å²) in [6.07, 6.45) is 1.43. The van der Waals surface area contributed by atoms with Crippen molar-refractivity contribution in [2.75, 3.05) is 6.79 Å². The summed E-state index contributed by atoms with van der Waals surface area (Å²) in [6.45, 7) is 0.230. The monoisotopic (exact) mass is 272 g/mol. The van der Waals surface area contributed by atoms with Gasteiger partial charge >= 0.3 is 0 Å². The number of hydrogen-bond acceptors (Lipinski definition) is 3. The highest BCUT2D eigenvalue weighted by molar-refractivity contribution is 5.63. The van der Waals surface area contributed by atoms with Crippen molar-refractivity contribution in [1.29, 1.82) is 0 Å². The molecule has 1 aliphatic rings. The highest BCUT2D eigenvalue weighted by Crippen LogP contribution is 2.33. The number of hydrogen-bond donors (Lipinski definition) is 0. The van der Waals surface area contributed by atoms with Gasteiger partial charge in [-0.2, -0.15) is 0 Å². The Hall–Kier alpha value is -2.36. The third-order valence-electron chi connectivity index (χ3n) is 3.36. The molecule has 0 saturated heterocycles. The standard InChI is InChI=1S/C16H13FO3/c17-14-4-2-12(3-5-14)13(9-18)7-11-1-6-15-16(8-11)20-10-19-15/h1-6,8-9,13H,7,10H2. The summed E-state index contributed by atoms with van der Waals surface area (Å²) < 4.78 is 23.5. The van der Waals surface area contributed by atoms with Gasteiger partial charge in [0.2, 0.25) is 6.79 Å². The van der Waals surface area contributed by atoms with Crippen LogP contribution in [0.3, 0.4) is 0 Å². The van der Waals surface area contributed by atoms with Gasteiger partial charge in [0.05, 0.1) is 0 Å². The molecule has 3 rings (SSSR count). The smallest absolute Gasteiger partial charge is 0.231 e. The summed E-state index contributed by atoms with van der Waals surface area (Å²) in [6, 6.07) is 11.6. The van der Waals surface area contributed by atoms with Crippen LogP contribution in [0.1, 0.15) is 17.0 Å². The van der Waals surface area contributed by atoms with Gasteiger partial charge in [-0.3, -0.25) is 0 Å². The number of carbonyl (C=O) groups excluding carboxylic acids is 1. The SMILES string of the molecule is O=CC(Cc1ccc2c(c1)OCO2)c1ccc(F)cc1. The molecule has 20 heavy (non-hydrogen) atoms. The van der Waals surface area contributed by atoms with Gasteiger partial charge in [0.1, 0.15) is 12.1 Å². The van der Waals surface area contributed by atoms with Gasteiger partial charge < -0.3 is 14.3 Å². The highest BCUT2D eigenvalue weighted by Gasteiger charge is 2.16. The Kier molecular flexibility index (Phi) is 3.37. The van der Waals surface area contributed by atoms with Crippen molar-refractivity contribution in [3.8, 4) is 11.5 Å². The molecule has 2 aromatic rings. The predicted octanol–water partition coefficient (Wildman–Crippen LogP) is 3.08. The van der Waals surface area contributed by atoms with E-state index in [2.05, 4.69) is 0 Å². The molecule has 0 radical (unpaired) electrons. The van der Waals surface area contributed by atoms with Crippen LogP contribution in [0.2, 0.25) is 0 Å². The second kappa shape index (κ2) is 5.33. The topological polar surface area (TPSA) is 35.5 Å². The number of ether oxygens (including phenoxy) is 2. The zero-order valence-corrected chi connectivity index (χ0v) is 10.7. The Morgan fingerprint density at radius 1 is 1.10 bits per heavy atom. The molecule has 1 heterocycles. The Balaban J connectivity index is 1.81. The van der Waals surface area contributed by atoms with E-state index in [4.69, 9.17) is 9.47 Å². The average molecular weight is 272 g/mol. The summed E-state index contributed by atoms with van der Waals surface area (Å²) in [5.41, 5.74) is 1.79. The third kappa shape index (κ3) is 2.50. The van der Waals surface area contributed by atoms with E-state index < -0.39 is 0 Å². The van der Waals surface area contributed by atoms with Crippen LogP contribution >= 0.6 is 0 Å². The van der Waals surface area contributed by atoms with Crippen molar-refractivity contribution in [2.24, 2.45) is 0 Å². The first kappa shape index (κ1) is 12.7. The lowest BCUT2D eigenvalue weighted by Crippen LogP contribution is -2.04. The lowest BCUT2D eigenvalue weighted by atomic mass is 9.93. The number of aldehydes is 1. The lowest BCUT2D eigenvalue weighted by molar-refractivity contribution is -0.109. The van der Waals surface area contributed by atoms with Crippen molar-refractivity contribution < 1.29 is 18.7 Å². The molecule has 0 fully saturated rings. The molecule has 0 bridgehead atoms. The molecule has 0 N–H and O–H groups in total. The second-order valence-corrected chi connectivity index (χ2v) is 4.69. The molecule has 1 unspecified atom stereocenters. The van der Waals surface area contributed by atoms with Gasteiger partial charge in [-0.15, -0.1) is 0 Å². The number of halogens is 1. The van der Waals surface area contributed by atoms with E-state index in [1.165, 1.54) is 12.1 Å². The Bertz CT molecular complexity index is 622. The molecular formula is C16H13FO3. The van der Waals surface area contributed by atoms with Gasteiger partial charge in [-0.25, -0.2) is 4.39 Å². The normalized spacial score (nSPS) is 14.1. The molecule has 0 aromatic heterocycles. The van der Waals surface area contributed by atoms with Gasteiger partial charge in [0.15, 0.2) is 11.5 Å². The molecule has 3 nitrogen and oxygen atoms in total. The van der Waals surface area contributed by atoms with Crippen molar-refractivity contribution in [1.82, 2.24) is 0 Å². The van der Waals surface area contributed by atoms with Crippen LogP contribution in [0, 0.1) is 5.82 Å². The zero-order chi connectivity index (χ0) is 13.9. The van der Waals surface area contributed by atoms with Gasteiger partial charge in [-0.1, -0.05) is 18.2 Å². The Labute approximate surface area is 115 Å². The van der Waals surface area contributed by atoms with Crippen LogP contribution in [0.4, 0.5) is 4.39 Å². The molecule has 0 aliphatic carbocycles. The Morgan fingerprint density at radius 3 is 2.60 bits per heavy atom. The average Bonchev–Trinajstić information content (AvgIpc) is 2.93. The summed E-state index contributed by atoms with van der Waals surface area (Å²) in [4.78, 5) is 11.3. The van der Waals surface area contributed by atoms with Crippen LogP contribution in [-0.2, 0) is 11.2 Å². The van der Waals surface area contributed by atoms with E-state index in [9.17, 15) is 9.18 Å². The molecule has 102 valence electrons. The first-order valence-electron chi connectivity index (χ1n) is 6.35. The fourth-order valence-corrected chi connectivity index (χ4v) is 2.28. The van der Waals surface area contributed by atoms with Gasteiger partial charge in [0.25, 0.3) is 0 Å². The molecule has 4 heteroatoms.